The molecule has 1 saturated heterocycles. The van der Waals surface area contributed by atoms with Gasteiger partial charge in [0.05, 0.1) is 24.3 Å². The predicted molar refractivity (Wildman–Crippen MR) is 122 cm³/mol. The zero-order valence-corrected chi connectivity index (χ0v) is 17.6. The van der Waals surface area contributed by atoms with E-state index >= 15 is 0 Å². The number of aromatic nitrogens is 1. The molecule has 0 radical (unpaired) electrons. The van der Waals surface area contributed by atoms with Crippen LogP contribution in [0.5, 0.6) is 5.75 Å². The van der Waals surface area contributed by atoms with Gasteiger partial charge in [-0.15, -0.1) is 0 Å². The second kappa shape index (κ2) is 7.94. The molecule has 1 unspecified atom stereocenters. The number of nitrogens with one attached hydrogen (secondary N) is 1. The van der Waals surface area contributed by atoms with E-state index in [9.17, 15) is 19.1 Å². The number of nitrogens with zero attached hydrogens (tertiary/aromatic N) is 1. The van der Waals surface area contributed by atoms with Crippen LogP contribution in [0.4, 0.5) is 10.1 Å². The summed E-state index contributed by atoms with van der Waals surface area (Å²) in [5.41, 5.74) is 1.80. The average Bonchev–Trinajstić information content (AvgIpc) is 3.37. The van der Waals surface area contributed by atoms with Crippen molar-refractivity contribution in [2.45, 2.75) is 6.04 Å². The first-order chi connectivity index (χ1) is 16.0. The highest BCUT2D eigenvalue weighted by atomic mass is 19.1. The van der Waals surface area contributed by atoms with Gasteiger partial charge in [-0.2, -0.15) is 0 Å². The molecule has 0 spiro atoms. The molecule has 1 atom stereocenters. The van der Waals surface area contributed by atoms with Crippen molar-refractivity contribution in [1.82, 2.24) is 4.98 Å². The van der Waals surface area contributed by atoms with E-state index in [1.54, 1.807) is 36.5 Å². The van der Waals surface area contributed by atoms with Crippen LogP contribution in [0.15, 0.2) is 84.6 Å². The van der Waals surface area contributed by atoms with E-state index in [2.05, 4.69) is 4.98 Å². The molecule has 2 N–H and O–H groups in total. The van der Waals surface area contributed by atoms with E-state index in [0.717, 1.165) is 10.9 Å². The van der Waals surface area contributed by atoms with Gasteiger partial charge in [0.15, 0.2) is 0 Å². The number of hydrogen-bond acceptors (Lipinski definition) is 4. The maximum Gasteiger partial charge on any atom is 0.300 e. The zero-order valence-electron chi connectivity index (χ0n) is 17.6. The summed E-state index contributed by atoms with van der Waals surface area (Å²) in [6.45, 7) is 0. The van der Waals surface area contributed by atoms with Gasteiger partial charge in [-0.3, -0.25) is 14.5 Å². The van der Waals surface area contributed by atoms with Crippen LogP contribution in [0, 0.1) is 5.82 Å². The number of methoxy groups -OCH3 is 1. The summed E-state index contributed by atoms with van der Waals surface area (Å²) >= 11 is 0. The fraction of sp³-hybridized carbons (Fsp3) is 0.0769. The molecule has 0 bridgehead atoms. The number of Topliss-reactive ketones (excluding diaryl/α,β-unsaturated/α-hetero) is 1. The van der Waals surface area contributed by atoms with Crippen molar-refractivity contribution < 1.29 is 23.8 Å². The van der Waals surface area contributed by atoms with E-state index in [1.165, 1.54) is 30.2 Å². The van der Waals surface area contributed by atoms with Gasteiger partial charge in [0.25, 0.3) is 11.7 Å². The van der Waals surface area contributed by atoms with Crippen molar-refractivity contribution >= 4 is 34.0 Å². The van der Waals surface area contributed by atoms with Crippen LogP contribution in [-0.2, 0) is 9.59 Å². The Balaban J connectivity index is 1.81. The maximum absolute atomic E-state index is 14.1. The normalized spacial score (nSPS) is 17.6. The number of ether oxygens (including phenoxy) is 1. The minimum Gasteiger partial charge on any atom is -0.507 e. The molecule has 3 aromatic carbocycles. The lowest BCUT2D eigenvalue weighted by molar-refractivity contribution is -0.132. The first-order valence-electron chi connectivity index (χ1n) is 10.3. The molecule has 4 aromatic rings. The predicted octanol–water partition coefficient (Wildman–Crippen LogP) is 4.94. The standard InChI is InChI=1S/C26H19FN2O4/c1-33-21-12-5-3-10-18(21)24(30)22-23(19-14-28-20-11-4-2-9-17(19)20)29(26(32)25(22)31)16-8-6-7-15(27)13-16/h2-14,23,28,30H,1H3/b24-22+. The molecule has 0 aliphatic carbocycles. The average molecular weight is 442 g/mol. The minimum absolute atomic E-state index is 0.0986. The molecular formula is C26H19FN2O4. The van der Waals surface area contributed by atoms with Gasteiger partial charge in [-0.1, -0.05) is 36.4 Å². The summed E-state index contributed by atoms with van der Waals surface area (Å²) in [6.07, 6.45) is 1.70. The molecule has 1 aliphatic heterocycles. The molecule has 1 aliphatic rings. The highest BCUT2D eigenvalue weighted by molar-refractivity contribution is 6.52. The molecule has 1 fully saturated rings. The van der Waals surface area contributed by atoms with Crippen molar-refractivity contribution in [1.29, 1.82) is 0 Å². The van der Waals surface area contributed by atoms with E-state index in [0.29, 0.717) is 11.3 Å². The molecular weight excluding hydrogens is 423 g/mol. The number of aliphatic hydroxyl groups excluding tert-OH is 1. The van der Waals surface area contributed by atoms with Crippen LogP contribution in [0.1, 0.15) is 17.2 Å². The molecule has 2 heterocycles. The molecule has 0 saturated carbocycles. The first kappa shape index (κ1) is 20.5. The summed E-state index contributed by atoms with van der Waals surface area (Å²) in [4.78, 5) is 30.9. The molecule has 1 amide bonds. The molecule has 33 heavy (non-hydrogen) atoms. The van der Waals surface area contributed by atoms with Crippen molar-refractivity contribution in [2.24, 2.45) is 0 Å². The number of rotatable bonds is 4. The van der Waals surface area contributed by atoms with Crippen LogP contribution < -0.4 is 9.64 Å². The molecule has 164 valence electrons. The fourth-order valence-electron chi connectivity index (χ4n) is 4.32. The second-order valence-electron chi connectivity index (χ2n) is 7.64. The number of halogens is 1. The third-order valence-corrected chi connectivity index (χ3v) is 5.81. The van der Waals surface area contributed by atoms with E-state index in [1.807, 2.05) is 24.3 Å². The van der Waals surface area contributed by atoms with Gasteiger partial charge in [0.2, 0.25) is 0 Å². The third-order valence-electron chi connectivity index (χ3n) is 5.81. The number of para-hydroxylation sites is 2. The van der Waals surface area contributed by atoms with E-state index in [4.69, 9.17) is 4.74 Å². The number of amides is 1. The number of carbonyl (C=O) groups is 2. The topological polar surface area (TPSA) is 82.6 Å². The number of ketones is 1. The highest BCUT2D eigenvalue weighted by Gasteiger charge is 2.48. The highest BCUT2D eigenvalue weighted by Crippen LogP contribution is 2.45. The maximum atomic E-state index is 14.1. The van der Waals surface area contributed by atoms with Crippen LogP contribution in [-0.4, -0.2) is 28.9 Å². The first-order valence-corrected chi connectivity index (χ1v) is 10.3. The summed E-state index contributed by atoms with van der Waals surface area (Å²) in [5, 5.41) is 12.1. The monoisotopic (exact) mass is 442 g/mol. The van der Waals surface area contributed by atoms with Crippen molar-refractivity contribution in [2.75, 3.05) is 12.0 Å². The Bertz CT molecular complexity index is 1440. The number of benzene rings is 3. The Kier molecular flexibility index (Phi) is 4.94. The molecule has 5 rings (SSSR count). The summed E-state index contributed by atoms with van der Waals surface area (Å²) < 4.78 is 19.4. The Morgan fingerprint density at radius 2 is 1.79 bits per heavy atom. The van der Waals surface area contributed by atoms with Gasteiger partial charge in [0, 0.05) is 28.4 Å². The largest absolute Gasteiger partial charge is 0.507 e. The van der Waals surface area contributed by atoms with Crippen molar-refractivity contribution in [3.63, 3.8) is 0 Å². The summed E-state index contributed by atoms with van der Waals surface area (Å²) in [7, 11) is 1.45. The third kappa shape index (κ3) is 3.25. The second-order valence-corrected chi connectivity index (χ2v) is 7.64. The van der Waals surface area contributed by atoms with E-state index < -0.39 is 23.5 Å². The van der Waals surface area contributed by atoms with Crippen LogP contribution in [0.25, 0.3) is 16.7 Å². The van der Waals surface area contributed by atoms with Crippen molar-refractivity contribution in [3.8, 4) is 5.75 Å². The quantitative estimate of drug-likeness (QED) is 0.266. The lowest BCUT2D eigenvalue weighted by Crippen LogP contribution is -2.29. The zero-order chi connectivity index (χ0) is 23.1. The Morgan fingerprint density at radius 1 is 1.03 bits per heavy atom. The molecule has 6 nitrogen and oxygen atoms in total. The van der Waals surface area contributed by atoms with Gasteiger partial charge in [-0.25, -0.2) is 4.39 Å². The van der Waals surface area contributed by atoms with Crippen LogP contribution in [0.3, 0.4) is 0 Å². The Hall–Kier alpha value is -4.39. The fourth-order valence-corrected chi connectivity index (χ4v) is 4.32. The van der Waals surface area contributed by atoms with Gasteiger partial charge in [-0.05, 0) is 36.4 Å². The number of carbonyl (C=O) groups excluding carboxylic acids is 2. The lowest BCUT2D eigenvalue weighted by atomic mass is 9.94. The van der Waals surface area contributed by atoms with Crippen molar-refractivity contribution in [3.05, 3.63) is 102 Å². The number of anilines is 1. The van der Waals surface area contributed by atoms with E-state index in [-0.39, 0.29) is 22.6 Å². The molecule has 1 aromatic heterocycles. The smallest absolute Gasteiger partial charge is 0.300 e. The van der Waals surface area contributed by atoms with Gasteiger partial charge in [0.1, 0.15) is 17.3 Å². The van der Waals surface area contributed by atoms with Crippen LogP contribution >= 0.6 is 0 Å². The number of aliphatic hydroxyl groups is 1. The van der Waals surface area contributed by atoms with Gasteiger partial charge < -0.3 is 14.8 Å². The number of hydrogen-bond donors (Lipinski definition) is 2. The summed E-state index contributed by atoms with van der Waals surface area (Å²) in [5.74, 6) is -2.27. The summed E-state index contributed by atoms with van der Waals surface area (Å²) in [6, 6.07) is 18.6. The lowest BCUT2D eigenvalue weighted by Gasteiger charge is -2.25. The number of aromatic amines is 1. The Labute approximate surface area is 188 Å². The Morgan fingerprint density at radius 3 is 2.58 bits per heavy atom. The minimum atomic E-state index is -0.979. The SMILES string of the molecule is COc1ccccc1/C(O)=C1\C(=O)C(=O)N(c2cccc(F)c2)C1c1c[nH]c2ccccc12. The van der Waals surface area contributed by atoms with Crippen LogP contribution in [0.2, 0.25) is 0 Å². The molecule has 7 heteroatoms. The number of H-pyrrole nitrogens is 1. The van der Waals surface area contributed by atoms with Gasteiger partial charge >= 0.3 is 0 Å². The number of fused-ring (bicyclic) bond motifs is 1.